The van der Waals surface area contributed by atoms with Gasteiger partial charge in [-0.2, -0.15) is 4.31 Å². The Balaban J connectivity index is 1.42. The van der Waals surface area contributed by atoms with Gasteiger partial charge in [0.25, 0.3) is 5.91 Å². The Kier molecular flexibility index (Phi) is 8.56. The van der Waals surface area contributed by atoms with Crippen molar-refractivity contribution in [2.75, 3.05) is 44.2 Å². The Labute approximate surface area is 225 Å². The lowest BCUT2D eigenvalue weighted by atomic mass is 10.1. The molecule has 1 aliphatic rings. The molecule has 1 fully saturated rings. The molecule has 0 atom stereocenters. The highest BCUT2D eigenvalue weighted by molar-refractivity contribution is 7.89. The molecule has 1 saturated heterocycles. The second-order valence-electron chi connectivity index (χ2n) is 10.5. The highest BCUT2D eigenvalue weighted by Crippen LogP contribution is 2.31. The predicted octanol–water partition coefficient (Wildman–Crippen LogP) is 5.12. The largest absolute Gasteiger partial charge is 0.345 e. The number of hydrogen-bond donors (Lipinski definition) is 0. The maximum atomic E-state index is 13.3. The van der Waals surface area contributed by atoms with Crippen LogP contribution in [-0.4, -0.2) is 67.8 Å². The maximum absolute atomic E-state index is 13.3. The van der Waals surface area contributed by atoms with Crippen LogP contribution in [0.4, 0.5) is 5.13 Å². The minimum Gasteiger partial charge on any atom is -0.345 e. The maximum Gasteiger partial charge on any atom is 0.253 e. The number of benzene rings is 2. The Morgan fingerprint density at radius 2 is 1.59 bits per heavy atom. The number of hydrogen-bond acceptors (Lipinski definition) is 6. The fourth-order valence-electron chi connectivity index (χ4n) is 4.70. The van der Waals surface area contributed by atoms with E-state index in [1.54, 1.807) is 39.9 Å². The monoisotopic (exact) mass is 542 g/mol. The van der Waals surface area contributed by atoms with Gasteiger partial charge in [0.2, 0.25) is 10.0 Å². The fourth-order valence-corrected chi connectivity index (χ4v) is 7.53. The number of rotatable bonds is 9. The van der Waals surface area contributed by atoms with Crippen molar-refractivity contribution in [2.24, 2.45) is 11.8 Å². The number of amides is 1. The van der Waals surface area contributed by atoms with Gasteiger partial charge in [0, 0.05) is 44.8 Å². The van der Waals surface area contributed by atoms with Crippen LogP contribution in [0.25, 0.3) is 10.2 Å². The molecule has 2 heterocycles. The number of fused-ring (bicyclic) bond motifs is 1. The lowest BCUT2D eigenvalue weighted by Gasteiger charge is -2.34. The SMILES string of the molecule is CCc1cccc2sc(N3CCN(C(=O)c4ccc(S(=O)(=O)N(CC(C)C)CC(C)C)cc4)CC3)nc12. The first-order valence-corrected chi connectivity index (χ1v) is 15.4. The van der Waals surface area contributed by atoms with Crippen LogP contribution in [-0.2, 0) is 16.4 Å². The van der Waals surface area contributed by atoms with E-state index in [1.807, 2.05) is 32.6 Å². The standard InChI is InChI=1S/C28H38N4O3S2/c1-6-22-8-7-9-25-26(22)29-28(36-25)31-16-14-30(15-17-31)27(33)23-10-12-24(13-11-23)37(34,35)32(18-20(2)3)19-21(4)5/h7-13,20-21H,6,14-19H2,1-5H3. The molecule has 0 saturated carbocycles. The van der Waals surface area contributed by atoms with Gasteiger partial charge in [0.1, 0.15) is 0 Å². The molecular weight excluding hydrogens is 504 g/mol. The van der Waals surface area contributed by atoms with Gasteiger partial charge in [-0.25, -0.2) is 13.4 Å². The fraction of sp³-hybridized carbons (Fsp3) is 0.500. The minimum atomic E-state index is -3.62. The molecule has 1 aliphatic heterocycles. The third-order valence-corrected chi connectivity index (χ3v) is 9.51. The van der Waals surface area contributed by atoms with E-state index < -0.39 is 10.0 Å². The molecular formula is C28H38N4O3S2. The third-order valence-electron chi connectivity index (χ3n) is 6.59. The van der Waals surface area contributed by atoms with Gasteiger partial charge in [-0.3, -0.25) is 4.79 Å². The van der Waals surface area contributed by atoms with Crippen LogP contribution in [0.15, 0.2) is 47.4 Å². The van der Waals surface area contributed by atoms with Crippen molar-refractivity contribution in [3.05, 3.63) is 53.6 Å². The first-order valence-electron chi connectivity index (χ1n) is 13.1. The summed E-state index contributed by atoms with van der Waals surface area (Å²) >= 11 is 1.70. The molecule has 4 rings (SSSR count). The van der Waals surface area contributed by atoms with Crippen LogP contribution in [0, 0.1) is 11.8 Å². The van der Waals surface area contributed by atoms with Crippen LogP contribution < -0.4 is 4.90 Å². The van der Waals surface area contributed by atoms with E-state index in [2.05, 4.69) is 30.0 Å². The number of aromatic nitrogens is 1. The first kappa shape index (κ1) is 27.5. The van der Waals surface area contributed by atoms with Gasteiger partial charge < -0.3 is 9.80 Å². The van der Waals surface area contributed by atoms with Crippen LogP contribution >= 0.6 is 11.3 Å². The van der Waals surface area contributed by atoms with Crippen molar-refractivity contribution < 1.29 is 13.2 Å². The second-order valence-corrected chi connectivity index (χ2v) is 13.5. The number of aryl methyl sites for hydroxylation is 1. The van der Waals surface area contributed by atoms with Crippen molar-refractivity contribution in [3.8, 4) is 0 Å². The lowest BCUT2D eigenvalue weighted by Crippen LogP contribution is -2.48. The highest BCUT2D eigenvalue weighted by atomic mass is 32.2. The van der Waals surface area contributed by atoms with E-state index in [9.17, 15) is 13.2 Å². The summed E-state index contributed by atoms with van der Waals surface area (Å²) in [5, 5.41) is 1.00. The van der Waals surface area contributed by atoms with Gasteiger partial charge in [-0.05, 0) is 54.2 Å². The van der Waals surface area contributed by atoms with Crippen LogP contribution in [0.3, 0.4) is 0 Å². The molecule has 7 nitrogen and oxygen atoms in total. The molecule has 37 heavy (non-hydrogen) atoms. The Morgan fingerprint density at radius 3 is 2.16 bits per heavy atom. The molecule has 2 aromatic carbocycles. The van der Waals surface area contributed by atoms with Crippen molar-refractivity contribution >= 4 is 42.6 Å². The number of nitrogens with zero attached hydrogens (tertiary/aromatic N) is 4. The summed E-state index contributed by atoms with van der Waals surface area (Å²) in [6, 6.07) is 12.8. The molecule has 0 aliphatic carbocycles. The van der Waals surface area contributed by atoms with Gasteiger partial charge in [0.15, 0.2) is 5.13 Å². The topological polar surface area (TPSA) is 73.8 Å². The molecule has 9 heteroatoms. The normalized spacial score (nSPS) is 14.9. The van der Waals surface area contributed by atoms with E-state index in [-0.39, 0.29) is 22.6 Å². The van der Waals surface area contributed by atoms with E-state index >= 15 is 0 Å². The molecule has 0 spiro atoms. The van der Waals surface area contributed by atoms with Gasteiger partial charge in [0.05, 0.1) is 15.1 Å². The van der Waals surface area contributed by atoms with Crippen LogP contribution in [0.2, 0.25) is 0 Å². The summed E-state index contributed by atoms with van der Waals surface area (Å²) in [6.45, 7) is 13.8. The molecule has 0 radical (unpaired) electrons. The number of carbonyl (C=O) groups is 1. The Hall–Kier alpha value is -2.49. The van der Waals surface area contributed by atoms with Crippen LogP contribution in [0.5, 0.6) is 0 Å². The zero-order valence-corrected chi connectivity index (χ0v) is 24.1. The summed E-state index contributed by atoms with van der Waals surface area (Å²) < 4.78 is 29.3. The van der Waals surface area contributed by atoms with Crippen molar-refractivity contribution in [1.82, 2.24) is 14.2 Å². The number of carbonyl (C=O) groups excluding carboxylic acids is 1. The zero-order valence-electron chi connectivity index (χ0n) is 22.5. The average Bonchev–Trinajstić information content (AvgIpc) is 3.32. The molecule has 200 valence electrons. The number of anilines is 1. The second kappa shape index (κ2) is 11.5. The van der Waals surface area contributed by atoms with Crippen molar-refractivity contribution in [3.63, 3.8) is 0 Å². The van der Waals surface area contributed by atoms with Gasteiger partial charge in [-0.1, -0.05) is 58.1 Å². The highest BCUT2D eigenvalue weighted by Gasteiger charge is 2.28. The quantitative estimate of drug-likeness (QED) is 0.375. The number of sulfonamides is 1. The smallest absolute Gasteiger partial charge is 0.253 e. The molecule has 0 unspecified atom stereocenters. The molecule has 3 aromatic rings. The van der Waals surface area contributed by atoms with Gasteiger partial charge >= 0.3 is 0 Å². The van der Waals surface area contributed by atoms with E-state index in [1.165, 1.54) is 10.3 Å². The lowest BCUT2D eigenvalue weighted by molar-refractivity contribution is 0.0746. The summed E-state index contributed by atoms with van der Waals surface area (Å²) in [6.07, 6.45) is 0.955. The number of thiazole rings is 1. The molecule has 0 bridgehead atoms. The predicted molar refractivity (Wildman–Crippen MR) is 152 cm³/mol. The summed E-state index contributed by atoms with van der Waals surface area (Å²) in [7, 11) is -3.62. The Morgan fingerprint density at radius 1 is 0.973 bits per heavy atom. The van der Waals surface area contributed by atoms with E-state index in [0.29, 0.717) is 31.7 Å². The van der Waals surface area contributed by atoms with Crippen molar-refractivity contribution in [2.45, 2.75) is 45.9 Å². The zero-order chi connectivity index (χ0) is 26.7. The minimum absolute atomic E-state index is 0.0672. The molecule has 1 amide bonds. The molecule has 1 aromatic heterocycles. The molecule has 0 N–H and O–H groups in total. The summed E-state index contributed by atoms with van der Waals surface area (Å²) in [4.78, 5) is 22.4. The number of para-hydroxylation sites is 1. The van der Waals surface area contributed by atoms with E-state index in [0.717, 1.165) is 30.2 Å². The van der Waals surface area contributed by atoms with Gasteiger partial charge in [-0.15, -0.1) is 0 Å². The van der Waals surface area contributed by atoms with Crippen molar-refractivity contribution in [1.29, 1.82) is 0 Å². The van der Waals surface area contributed by atoms with Crippen LogP contribution in [0.1, 0.15) is 50.5 Å². The first-order chi connectivity index (χ1) is 17.6. The third kappa shape index (κ3) is 6.16. The average molecular weight is 543 g/mol. The van der Waals surface area contributed by atoms with E-state index in [4.69, 9.17) is 4.98 Å². The summed E-state index contributed by atoms with van der Waals surface area (Å²) in [5.74, 6) is 0.386. The summed E-state index contributed by atoms with van der Waals surface area (Å²) in [5.41, 5.74) is 2.86. The number of piperazine rings is 1. The Bertz CT molecular complexity index is 1320.